The summed E-state index contributed by atoms with van der Waals surface area (Å²) in [6.07, 6.45) is 0. The van der Waals surface area contributed by atoms with Crippen molar-refractivity contribution in [1.82, 2.24) is 24.4 Å². The molecule has 0 saturated heterocycles. The molecule has 2 amide bonds. The maximum atomic E-state index is 13.0. The van der Waals surface area contributed by atoms with Gasteiger partial charge in [-0.1, -0.05) is 12.1 Å². The monoisotopic (exact) mass is 402 g/mol. The molecule has 0 bridgehead atoms. The van der Waals surface area contributed by atoms with Gasteiger partial charge in [0, 0.05) is 18.0 Å². The molecule has 2 atom stereocenters. The van der Waals surface area contributed by atoms with E-state index in [1.165, 1.54) is 0 Å². The number of rotatable bonds is 3. The molecule has 2 unspecified atom stereocenters. The molecule has 30 heavy (non-hydrogen) atoms. The van der Waals surface area contributed by atoms with Crippen molar-refractivity contribution in [1.29, 1.82) is 0 Å². The summed E-state index contributed by atoms with van der Waals surface area (Å²) < 4.78 is 3.87. The van der Waals surface area contributed by atoms with Crippen molar-refractivity contribution < 1.29 is 9.59 Å². The number of pyridine rings is 1. The Kier molecular flexibility index (Phi) is 4.09. The third-order valence-electron chi connectivity index (χ3n) is 5.84. The Bertz CT molecular complexity index is 1320. The highest BCUT2D eigenvalue weighted by molar-refractivity contribution is 6.05. The summed E-state index contributed by atoms with van der Waals surface area (Å²) in [7, 11) is 0. The van der Waals surface area contributed by atoms with E-state index in [2.05, 4.69) is 20.6 Å². The van der Waals surface area contributed by atoms with Crippen LogP contribution in [-0.2, 0) is 6.54 Å². The zero-order chi connectivity index (χ0) is 21.0. The smallest absolute Gasteiger partial charge is 0.276 e. The van der Waals surface area contributed by atoms with E-state index in [9.17, 15) is 9.59 Å². The Labute approximate surface area is 172 Å². The lowest BCUT2D eigenvalue weighted by Crippen LogP contribution is -2.44. The molecule has 0 saturated carbocycles. The molecule has 1 aliphatic heterocycles. The summed E-state index contributed by atoms with van der Waals surface area (Å²) in [6.45, 7) is 6.68. The first-order chi connectivity index (χ1) is 14.5. The Morgan fingerprint density at radius 2 is 1.97 bits per heavy atom. The Morgan fingerprint density at radius 3 is 2.77 bits per heavy atom. The number of carbonyl (C=O) groups excluding carboxylic acids is 2. The van der Waals surface area contributed by atoms with Crippen molar-refractivity contribution in [2.24, 2.45) is 0 Å². The minimum absolute atomic E-state index is 0.0238. The van der Waals surface area contributed by atoms with Gasteiger partial charge < -0.3 is 14.5 Å². The quantitative estimate of drug-likeness (QED) is 0.549. The van der Waals surface area contributed by atoms with Gasteiger partial charge in [0.15, 0.2) is 0 Å². The Morgan fingerprint density at radius 1 is 1.17 bits per heavy atom. The van der Waals surface area contributed by atoms with Crippen LogP contribution in [0.5, 0.6) is 0 Å². The summed E-state index contributed by atoms with van der Waals surface area (Å²) in [5.74, 6) is 0.0313. The van der Waals surface area contributed by atoms with Crippen LogP contribution in [0.1, 0.15) is 47.8 Å². The van der Waals surface area contributed by atoms with Gasteiger partial charge in [0.2, 0.25) is 5.95 Å². The molecule has 0 spiro atoms. The van der Waals surface area contributed by atoms with Crippen molar-refractivity contribution >= 4 is 39.8 Å². The normalized spacial score (nSPS) is 18.4. The highest BCUT2D eigenvalue weighted by Crippen LogP contribution is 2.28. The second kappa shape index (κ2) is 6.69. The first-order valence-electron chi connectivity index (χ1n) is 10.1. The van der Waals surface area contributed by atoms with Crippen LogP contribution in [0, 0.1) is 0 Å². The molecule has 3 aromatic heterocycles. The fourth-order valence-corrected chi connectivity index (χ4v) is 4.09. The molecule has 0 radical (unpaired) electrons. The van der Waals surface area contributed by atoms with Gasteiger partial charge in [-0.05, 0) is 51.1 Å². The predicted octanol–water partition coefficient (Wildman–Crippen LogP) is 3.35. The molecule has 0 aliphatic carbocycles. The lowest BCUT2D eigenvalue weighted by Gasteiger charge is -2.29. The summed E-state index contributed by atoms with van der Waals surface area (Å²) in [6, 6.07) is 13.1. The van der Waals surface area contributed by atoms with Gasteiger partial charge in [0.25, 0.3) is 11.8 Å². The molecule has 152 valence electrons. The summed E-state index contributed by atoms with van der Waals surface area (Å²) >= 11 is 0. The van der Waals surface area contributed by atoms with E-state index < -0.39 is 0 Å². The lowest BCUT2D eigenvalue weighted by atomic mass is 10.1. The van der Waals surface area contributed by atoms with Gasteiger partial charge in [0.05, 0.1) is 17.1 Å². The van der Waals surface area contributed by atoms with E-state index in [-0.39, 0.29) is 29.6 Å². The number of nitrogens with zero attached hydrogens (tertiary/aromatic N) is 4. The fraction of sp³-hybridized carbons (Fsp3) is 0.273. The number of benzene rings is 1. The summed E-state index contributed by atoms with van der Waals surface area (Å²) in [5, 5.41) is 6.69. The zero-order valence-corrected chi connectivity index (χ0v) is 17.0. The third kappa shape index (κ3) is 2.67. The number of anilines is 1. The van der Waals surface area contributed by atoms with Crippen molar-refractivity contribution in [2.45, 2.75) is 39.4 Å². The molecule has 2 N–H and O–H groups in total. The number of para-hydroxylation sites is 2. The summed E-state index contributed by atoms with van der Waals surface area (Å²) in [4.78, 5) is 34.5. The van der Waals surface area contributed by atoms with Crippen LogP contribution in [0.15, 0.2) is 42.5 Å². The summed E-state index contributed by atoms with van der Waals surface area (Å²) in [5.41, 5.74) is 3.27. The van der Waals surface area contributed by atoms with Gasteiger partial charge in [-0.15, -0.1) is 0 Å². The highest BCUT2D eigenvalue weighted by atomic mass is 16.2. The Hall–Kier alpha value is -3.68. The van der Waals surface area contributed by atoms with Crippen molar-refractivity contribution in [3.63, 3.8) is 0 Å². The van der Waals surface area contributed by atoms with Crippen LogP contribution in [0.4, 0.5) is 5.95 Å². The lowest BCUT2D eigenvalue weighted by molar-refractivity contribution is 0.0891. The molecule has 8 nitrogen and oxygen atoms in total. The Balaban J connectivity index is 1.54. The molecule has 8 heteroatoms. The fourth-order valence-electron chi connectivity index (χ4n) is 4.09. The average molecular weight is 402 g/mol. The van der Waals surface area contributed by atoms with Crippen LogP contribution < -0.4 is 10.6 Å². The number of nitrogens with one attached hydrogen (secondary N) is 2. The number of aryl methyl sites for hydroxylation is 1. The van der Waals surface area contributed by atoms with Gasteiger partial charge in [-0.2, -0.15) is 0 Å². The second-order valence-electron chi connectivity index (χ2n) is 7.63. The largest absolute Gasteiger partial charge is 0.346 e. The number of amides is 2. The molecule has 0 fully saturated rings. The van der Waals surface area contributed by atoms with Gasteiger partial charge >= 0.3 is 0 Å². The number of imidazole rings is 1. The minimum Gasteiger partial charge on any atom is -0.346 e. The van der Waals surface area contributed by atoms with E-state index in [1.807, 2.05) is 66.3 Å². The van der Waals surface area contributed by atoms with Crippen LogP contribution in [-0.4, -0.2) is 37.0 Å². The molecular weight excluding hydrogens is 380 g/mol. The molecule has 4 aromatic rings. The van der Waals surface area contributed by atoms with E-state index >= 15 is 0 Å². The average Bonchev–Trinajstić information content (AvgIpc) is 3.29. The topological polar surface area (TPSA) is 93.8 Å². The highest BCUT2D eigenvalue weighted by Gasteiger charge is 2.30. The standard InChI is InChI=1S/C22H22N6O2/c1-4-27-17-8-6-5-7-15(17)25-22(27)26-20(29)16-10-9-14-11-18-21(30)23-12(2)13(3)28(18)19(14)24-16/h5-13H,4H2,1-3H3,(H,23,30)(H,25,26,29). The molecular formula is C22H22N6O2. The maximum Gasteiger partial charge on any atom is 0.276 e. The minimum atomic E-state index is -0.335. The van der Waals surface area contributed by atoms with Crippen molar-refractivity contribution in [3.8, 4) is 0 Å². The van der Waals surface area contributed by atoms with E-state index in [4.69, 9.17) is 0 Å². The van der Waals surface area contributed by atoms with Crippen molar-refractivity contribution in [2.75, 3.05) is 5.32 Å². The zero-order valence-electron chi connectivity index (χ0n) is 17.0. The van der Waals surface area contributed by atoms with Crippen LogP contribution >= 0.6 is 0 Å². The van der Waals surface area contributed by atoms with Crippen LogP contribution in [0.2, 0.25) is 0 Å². The van der Waals surface area contributed by atoms with Crippen LogP contribution in [0.3, 0.4) is 0 Å². The number of carbonyl (C=O) groups is 2. The van der Waals surface area contributed by atoms with E-state index in [1.54, 1.807) is 6.07 Å². The number of fused-ring (bicyclic) bond motifs is 4. The van der Waals surface area contributed by atoms with Gasteiger partial charge in [-0.25, -0.2) is 9.97 Å². The maximum absolute atomic E-state index is 13.0. The molecule has 4 heterocycles. The van der Waals surface area contributed by atoms with Crippen molar-refractivity contribution in [3.05, 3.63) is 53.9 Å². The first-order valence-corrected chi connectivity index (χ1v) is 10.1. The first kappa shape index (κ1) is 18.4. The molecule has 5 rings (SSSR count). The van der Waals surface area contributed by atoms with Gasteiger partial charge in [0.1, 0.15) is 17.0 Å². The second-order valence-corrected chi connectivity index (χ2v) is 7.63. The number of hydrogen-bond acceptors (Lipinski definition) is 4. The van der Waals surface area contributed by atoms with Crippen LogP contribution in [0.25, 0.3) is 22.1 Å². The molecule has 1 aliphatic rings. The molecule has 1 aromatic carbocycles. The van der Waals surface area contributed by atoms with E-state index in [0.717, 1.165) is 16.4 Å². The van der Waals surface area contributed by atoms with Gasteiger partial charge in [-0.3, -0.25) is 14.9 Å². The number of hydrogen-bond donors (Lipinski definition) is 2. The van der Waals surface area contributed by atoms with E-state index in [0.29, 0.717) is 23.8 Å². The third-order valence-corrected chi connectivity index (χ3v) is 5.84. The predicted molar refractivity (Wildman–Crippen MR) is 115 cm³/mol. The SMILES string of the molecule is CCn1c(NC(=O)c2ccc3cc4n(c3n2)C(C)C(C)NC4=O)nc2ccccc21. The number of aromatic nitrogens is 4.